The zero-order chi connectivity index (χ0) is 20.2. The summed E-state index contributed by atoms with van der Waals surface area (Å²) >= 11 is 1.96. The number of phenolic OH excluding ortho intramolecular Hbond substituents is 4. The van der Waals surface area contributed by atoms with Crippen LogP contribution >= 0.6 is 22.6 Å². The van der Waals surface area contributed by atoms with Crippen LogP contribution in [0.3, 0.4) is 0 Å². The number of ether oxygens (including phenoxy) is 1. The van der Waals surface area contributed by atoms with Gasteiger partial charge in [0.25, 0.3) is 0 Å². The Balaban J connectivity index is 2.22. The third-order valence-electron chi connectivity index (χ3n) is 4.43. The van der Waals surface area contributed by atoms with Gasteiger partial charge < -0.3 is 29.6 Å². The molecule has 0 amide bonds. The molecule has 2 aromatic rings. The maximum Gasteiger partial charge on any atom is 0.223 e. The number of methoxy groups -OCH3 is 1. The van der Waals surface area contributed by atoms with Crippen LogP contribution in [0, 0.1) is 3.57 Å². The highest BCUT2D eigenvalue weighted by Crippen LogP contribution is 2.46. The molecule has 1 heterocycles. The molecule has 1 aliphatic carbocycles. The molecular weight excluding hydrogens is 479 g/mol. The molecule has 2 aromatic carbocycles. The third-order valence-corrected chi connectivity index (χ3v) is 5.26. The van der Waals surface area contributed by atoms with Crippen molar-refractivity contribution in [1.82, 2.24) is 0 Å². The zero-order valence-corrected chi connectivity index (χ0v) is 16.5. The van der Waals surface area contributed by atoms with Gasteiger partial charge in [-0.25, -0.2) is 0 Å². The summed E-state index contributed by atoms with van der Waals surface area (Å²) in [5.41, 5.74) is 1.15. The van der Waals surface area contributed by atoms with Gasteiger partial charge in [-0.3, -0.25) is 4.79 Å². The molecule has 7 nitrogen and oxygen atoms in total. The lowest BCUT2D eigenvalue weighted by Gasteiger charge is -2.17. The molecule has 1 aliphatic heterocycles. The van der Waals surface area contributed by atoms with E-state index in [4.69, 9.17) is 9.15 Å². The van der Waals surface area contributed by atoms with E-state index in [9.17, 15) is 25.2 Å². The van der Waals surface area contributed by atoms with Crippen molar-refractivity contribution in [1.29, 1.82) is 0 Å². The van der Waals surface area contributed by atoms with Gasteiger partial charge >= 0.3 is 0 Å². The number of hydrogen-bond acceptors (Lipinski definition) is 7. The lowest BCUT2D eigenvalue weighted by Crippen LogP contribution is -2.01. The van der Waals surface area contributed by atoms with Gasteiger partial charge in [0, 0.05) is 28.6 Å². The van der Waals surface area contributed by atoms with Crippen molar-refractivity contribution in [3.8, 4) is 51.2 Å². The Morgan fingerprint density at radius 3 is 2.36 bits per heavy atom. The number of aromatic hydroxyl groups is 4. The maximum atomic E-state index is 11.9. The second-order valence-corrected chi connectivity index (χ2v) is 7.30. The fourth-order valence-corrected chi connectivity index (χ4v) is 3.72. The molecule has 0 saturated heterocycles. The van der Waals surface area contributed by atoms with Crippen LogP contribution in [-0.4, -0.2) is 27.5 Å². The van der Waals surface area contributed by atoms with E-state index in [-0.39, 0.29) is 34.3 Å². The summed E-state index contributed by atoms with van der Waals surface area (Å²) in [6.45, 7) is 0. The minimum atomic E-state index is -0.609. The molecule has 28 heavy (non-hydrogen) atoms. The smallest absolute Gasteiger partial charge is 0.223 e. The monoisotopic (exact) mass is 492 g/mol. The molecule has 8 heteroatoms. The Bertz CT molecular complexity index is 1280. The van der Waals surface area contributed by atoms with Crippen molar-refractivity contribution in [2.24, 2.45) is 0 Å². The van der Waals surface area contributed by atoms with Gasteiger partial charge in [-0.2, -0.15) is 0 Å². The molecule has 4 rings (SSSR count). The van der Waals surface area contributed by atoms with E-state index in [1.165, 1.54) is 25.3 Å². The minimum Gasteiger partial charge on any atom is -0.504 e. The number of phenols is 4. The largest absolute Gasteiger partial charge is 0.504 e. The molecular formula is C20H13IO7. The van der Waals surface area contributed by atoms with Crippen LogP contribution in [0.2, 0.25) is 0 Å². The minimum absolute atomic E-state index is 0.0220. The van der Waals surface area contributed by atoms with Crippen LogP contribution in [0.15, 0.2) is 45.6 Å². The van der Waals surface area contributed by atoms with Gasteiger partial charge in [0.2, 0.25) is 5.43 Å². The van der Waals surface area contributed by atoms with Gasteiger partial charge in [0.05, 0.1) is 10.7 Å². The summed E-state index contributed by atoms with van der Waals surface area (Å²) in [4.78, 5) is 11.9. The van der Waals surface area contributed by atoms with Crippen molar-refractivity contribution in [3.05, 3.63) is 50.2 Å². The van der Waals surface area contributed by atoms with Crippen molar-refractivity contribution in [2.45, 2.75) is 0 Å². The predicted molar refractivity (Wildman–Crippen MR) is 110 cm³/mol. The predicted octanol–water partition coefficient (Wildman–Crippen LogP) is 4.00. The maximum absolute atomic E-state index is 11.9. The highest BCUT2D eigenvalue weighted by molar-refractivity contribution is 14.1. The van der Waals surface area contributed by atoms with Crippen molar-refractivity contribution >= 4 is 33.6 Å². The lowest BCUT2D eigenvalue weighted by atomic mass is 9.93. The normalized spacial score (nSPS) is 11.2. The van der Waals surface area contributed by atoms with Crippen molar-refractivity contribution in [2.75, 3.05) is 7.11 Å². The number of halogens is 1. The summed E-state index contributed by atoms with van der Waals surface area (Å²) in [5.74, 6) is -0.777. The summed E-state index contributed by atoms with van der Waals surface area (Å²) in [7, 11) is 1.42. The summed E-state index contributed by atoms with van der Waals surface area (Å²) in [6.07, 6.45) is 0. The van der Waals surface area contributed by atoms with Crippen LogP contribution in [-0.2, 0) is 0 Å². The Morgan fingerprint density at radius 2 is 1.64 bits per heavy atom. The van der Waals surface area contributed by atoms with Gasteiger partial charge in [0.1, 0.15) is 11.3 Å². The Kier molecular flexibility index (Phi) is 4.22. The average molecular weight is 492 g/mol. The first-order valence-electron chi connectivity index (χ1n) is 8.02. The standard InChI is InChI=1S/C20H13IO7/c1-27-18-3-8(2-11(21)20(18)26)19-9-4-12(22)14(24)6-16(9)28-17-7-15(25)13(23)5-10(17)19/h2-7,22-24,26H,1H3. The average Bonchev–Trinajstić information content (AvgIpc) is 2.65. The summed E-state index contributed by atoms with van der Waals surface area (Å²) in [5, 5.41) is 40.4. The quantitative estimate of drug-likeness (QED) is 0.190. The Hall–Kier alpha value is -3.14. The molecule has 4 N–H and O–H groups in total. The molecule has 2 aliphatic rings. The van der Waals surface area contributed by atoms with Crippen LogP contribution < -0.4 is 10.2 Å². The molecule has 0 fully saturated rings. The number of hydrogen-bond donors (Lipinski definition) is 4. The second-order valence-electron chi connectivity index (χ2n) is 6.14. The molecule has 142 valence electrons. The fourth-order valence-electron chi connectivity index (χ4n) is 3.12. The molecule has 0 saturated carbocycles. The van der Waals surface area contributed by atoms with Crippen molar-refractivity contribution in [3.63, 3.8) is 0 Å². The van der Waals surface area contributed by atoms with E-state index < -0.39 is 11.2 Å². The SMILES string of the molecule is COc1cc(-c2c3cc(O)c(=O)cc-3oc3cc(O)c(O)cc23)cc(I)c1O. The molecule has 0 unspecified atom stereocenters. The molecule has 0 spiro atoms. The first-order valence-corrected chi connectivity index (χ1v) is 9.10. The van der Waals surface area contributed by atoms with E-state index in [0.29, 0.717) is 25.6 Å². The number of rotatable bonds is 2. The van der Waals surface area contributed by atoms with Gasteiger partial charge in [-0.1, -0.05) is 0 Å². The summed E-state index contributed by atoms with van der Waals surface area (Å²) in [6, 6.07) is 8.30. The van der Waals surface area contributed by atoms with E-state index in [1.54, 1.807) is 12.1 Å². The van der Waals surface area contributed by atoms with Gasteiger partial charge in [-0.15, -0.1) is 0 Å². The molecule has 0 atom stereocenters. The van der Waals surface area contributed by atoms with Gasteiger partial charge in [-0.05, 0) is 52.4 Å². The fraction of sp³-hybridized carbons (Fsp3) is 0.0500. The Morgan fingerprint density at radius 1 is 0.929 bits per heavy atom. The second kappa shape index (κ2) is 6.48. The lowest BCUT2D eigenvalue weighted by molar-refractivity contribution is 0.372. The van der Waals surface area contributed by atoms with Crippen LogP contribution in [0.25, 0.3) is 33.4 Å². The van der Waals surface area contributed by atoms with Crippen molar-refractivity contribution < 1.29 is 29.6 Å². The van der Waals surface area contributed by atoms with Crippen LogP contribution in [0.1, 0.15) is 0 Å². The Labute approximate surface area is 171 Å². The van der Waals surface area contributed by atoms with Gasteiger partial charge in [0.15, 0.2) is 28.7 Å². The van der Waals surface area contributed by atoms with Crippen LogP contribution in [0.4, 0.5) is 0 Å². The summed E-state index contributed by atoms with van der Waals surface area (Å²) < 4.78 is 11.5. The molecule has 0 bridgehead atoms. The topological polar surface area (TPSA) is 120 Å². The molecule has 0 aromatic heterocycles. The first-order chi connectivity index (χ1) is 13.3. The number of benzene rings is 3. The van der Waals surface area contributed by atoms with E-state index in [2.05, 4.69) is 0 Å². The number of fused-ring (bicyclic) bond motifs is 2. The molecule has 0 radical (unpaired) electrons. The van der Waals surface area contributed by atoms with E-state index in [0.717, 1.165) is 6.07 Å². The van der Waals surface area contributed by atoms with E-state index in [1.807, 2.05) is 22.6 Å². The third kappa shape index (κ3) is 2.76. The first kappa shape index (κ1) is 18.2. The van der Waals surface area contributed by atoms with E-state index >= 15 is 0 Å². The zero-order valence-electron chi connectivity index (χ0n) is 14.4. The highest BCUT2D eigenvalue weighted by atomic mass is 127. The van der Waals surface area contributed by atoms with Crippen LogP contribution in [0.5, 0.6) is 28.7 Å². The highest BCUT2D eigenvalue weighted by Gasteiger charge is 2.22.